The van der Waals surface area contributed by atoms with E-state index in [9.17, 15) is 8.42 Å². The Hall–Kier alpha value is -0.910. The summed E-state index contributed by atoms with van der Waals surface area (Å²) in [6.07, 6.45) is 0.954. The lowest BCUT2D eigenvalue weighted by atomic mass is 10.1. The van der Waals surface area contributed by atoms with Gasteiger partial charge in [-0.25, -0.2) is 8.42 Å². The van der Waals surface area contributed by atoms with E-state index in [1.54, 1.807) is 4.31 Å². The van der Waals surface area contributed by atoms with Crippen molar-refractivity contribution in [3.05, 3.63) is 29.3 Å². The molecule has 0 aromatic heterocycles. The number of benzene rings is 1. The largest absolute Gasteiger partial charge is 0.313 e. The van der Waals surface area contributed by atoms with Crippen molar-refractivity contribution in [3.8, 4) is 0 Å². The maximum absolute atomic E-state index is 12.7. The summed E-state index contributed by atoms with van der Waals surface area (Å²) in [5.41, 5.74) is 1.84. The first-order valence-electron chi connectivity index (χ1n) is 7.25. The first-order chi connectivity index (χ1) is 9.45. The van der Waals surface area contributed by atoms with E-state index in [0.29, 0.717) is 30.4 Å². The molecule has 1 saturated heterocycles. The van der Waals surface area contributed by atoms with Crippen molar-refractivity contribution in [1.29, 1.82) is 0 Å². The Bertz CT molecular complexity index is 569. The smallest absolute Gasteiger partial charge is 0.243 e. The van der Waals surface area contributed by atoms with E-state index in [4.69, 9.17) is 0 Å². The van der Waals surface area contributed by atoms with Crippen LogP contribution in [-0.4, -0.2) is 32.4 Å². The lowest BCUT2D eigenvalue weighted by Gasteiger charge is -2.18. The summed E-state index contributed by atoms with van der Waals surface area (Å²) in [6.45, 7) is 8.86. The standard InChI is InChI=1S/C15H24N2O2S/c1-4-16-10-14-6-5-13(3)15(9-14)20(18,19)17-8-7-12(2)11-17/h5-6,9,12,16H,4,7-8,10-11H2,1-3H3. The van der Waals surface area contributed by atoms with Crippen LogP contribution in [0.25, 0.3) is 0 Å². The Morgan fingerprint density at radius 2 is 2.15 bits per heavy atom. The Balaban J connectivity index is 2.30. The molecule has 0 amide bonds. The van der Waals surface area contributed by atoms with Crippen LogP contribution in [0.2, 0.25) is 0 Å². The van der Waals surface area contributed by atoms with Gasteiger partial charge in [0.2, 0.25) is 10.0 Å². The number of rotatable bonds is 5. The fourth-order valence-electron chi connectivity index (χ4n) is 2.55. The molecule has 112 valence electrons. The molecule has 1 unspecified atom stereocenters. The summed E-state index contributed by atoms with van der Waals surface area (Å²) < 4.78 is 27.1. The van der Waals surface area contributed by atoms with Gasteiger partial charge in [-0.2, -0.15) is 4.31 Å². The highest BCUT2D eigenvalue weighted by Crippen LogP contribution is 2.26. The highest BCUT2D eigenvalue weighted by atomic mass is 32.2. The van der Waals surface area contributed by atoms with E-state index in [0.717, 1.165) is 24.1 Å². The van der Waals surface area contributed by atoms with Gasteiger partial charge in [0.15, 0.2) is 0 Å². The number of hydrogen-bond acceptors (Lipinski definition) is 3. The van der Waals surface area contributed by atoms with Gasteiger partial charge in [-0.05, 0) is 43.0 Å². The van der Waals surface area contributed by atoms with E-state index in [-0.39, 0.29) is 0 Å². The number of nitrogens with zero attached hydrogens (tertiary/aromatic N) is 1. The highest BCUT2D eigenvalue weighted by molar-refractivity contribution is 7.89. The summed E-state index contributed by atoms with van der Waals surface area (Å²) in [6, 6.07) is 5.71. The Morgan fingerprint density at radius 3 is 2.75 bits per heavy atom. The molecule has 1 aromatic rings. The molecule has 0 radical (unpaired) electrons. The van der Waals surface area contributed by atoms with Gasteiger partial charge in [0, 0.05) is 19.6 Å². The Kier molecular flexibility index (Phi) is 4.83. The monoisotopic (exact) mass is 296 g/mol. The second-order valence-electron chi connectivity index (χ2n) is 5.64. The molecule has 0 bridgehead atoms. The molecule has 0 saturated carbocycles. The average Bonchev–Trinajstić information content (AvgIpc) is 2.85. The molecule has 1 fully saturated rings. The van der Waals surface area contributed by atoms with Gasteiger partial charge in [-0.15, -0.1) is 0 Å². The van der Waals surface area contributed by atoms with Crippen molar-refractivity contribution in [2.75, 3.05) is 19.6 Å². The van der Waals surface area contributed by atoms with Gasteiger partial charge in [-0.1, -0.05) is 26.0 Å². The maximum Gasteiger partial charge on any atom is 0.243 e. The fraction of sp³-hybridized carbons (Fsp3) is 0.600. The molecule has 4 nitrogen and oxygen atoms in total. The molecule has 0 spiro atoms. The van der Waals surface area contributed by atoms with Crippen molar-refractivity contribution in [2.45, 2.75) is 38.6 Å². The zero-order chi connectivity index (χ0) is 14.8. The summed E-state index contributed by atoms with van der Waals surface area (Å²) in [5.74, 6) is 0.454. The summed E-state index contributed by atoms with van der Waals surface area (Å²) >= 11 is 0. The minimum Gasteiger partial charge on any atom is -0.313 e. The van der Waals surface area contributed by atoms with E-state index >= 15 is 0 Å². The van der Waals surface area contributed by atoms with E-state index < -0.39 is 10.0 Å². The van der Waals surface area contributed by atoms with Crippen molar-refractivity contribution in [1.82, 2.24) is 9.62 Å². The van der Waals surface area contributed by atoms with Crippen LogP contribution < -0.4 is 5.32 Å². The van der Waals surface area contributed by atoms with Gasteiger partial charge >= 0.3 is 0 Å². The second-order valence-corrected chi connectivity index (χ2v) is 7.54. The van der Waals surface area contributed by atoms with Crippen LogP contribution in [0.4, 0.5) is 0 Å². The Morgan fingerprint density at radius 1 is 1.40 bits per heavy atom. The fourth-order valence-corrected chi connectivity index (χ4v) is 4.40. The van der Waals surface area contributed by atoms with Crippen molar-refractivity contribution >= 4 is 10.0 Å². The van der Waals surface area contributed by atoms with Crippen molar-refractivity contribution < 1.29 is 8.42 Å². The number of hydrogen-bond donors (Lipinski definition) is 1. The third-order valence-electron chi connectivity index (χ3n) is 3.84. The third kappa shape index (κ3) is 3.22. The van der Waals surface area contributed by atoms with Gasteiger partial charge in [-0.3, -0.25) is 0 Å². The molecule has 1 atom stereocenters. The summed E-state index contributed by atoms with van der Waals surface area (Å²) in [4.78, 5) is 0.460. The molecule has 20 heavy (non-hydrogen) atoms. The zero-order valence-electron chi connectivity index (χ0n) is 12.5. The molecule has 1 N–H and O–H groups in total. The topological polar surface area (TPSA) is 49.4 Å². The Labute approximate surface area is 122 Å². The minimum atomic E-state index is -3.34. The molecule has 1 aliphatic heterocycles. The van der Waals surface area contributed by atoms with Gasteiger partial charge in [0.25, 0.3) is 0 Å². The lowest BCUT2D eigenvalue weighted by molar-refractivity contribution is 0.464. The van der Waals surface area contributed by atoms with Gasteiger partial charge < -0.3 is 5.32 Å². The SMILES string of the molecule is CCNCc1ccc(C)c(S(=O)(=O)N2CCC(C)C2)c1. The first-order valence-corrected chi connectivity index (χ1v) is 8.69. The second kappa shape index (κ2) is 6.24. The number of aryl methyl sites for hydroxylation is 1. The minimum absolute atomic E-state index is 0.454. The normalized spacial score (nSPS) is 20.4. The van der Waals surface area contributed by atoms with Crippen LogP contribution >= 0.6 is 0 Å². The van der Waals surface area contributed by atoms with Crippen LogP contribution in [-0.2, 0) is 16.6 Å². The average molecular weight is 296 g/mol. The van der Waals surface area contributed by atoms with Gasteiger partial charge in [0.1, 0.15) is 0 Å². The molecule has 1 heterocycles. The number of sulfonamides is 1. The quantitative estimate of drug-likeness (QED) is 0.905. The summed E-state index contributed by atoms with van der Waals surface area (Å²) in [7, 11) is -3.34. The predicted molar refractivity (Wildman–Crippen MR) is 81.1 cm³/mol. The molecular formula is C15H24N2O2S. The van der Waals surface area contributed by atoms with Crippen LogP contribution in [0.5, 0.6) is 0 Å². The third-order valence-corrected chi connectivity index (χ3v) is 5.84. The van der Waals surface area contributed by atoms with E-state index in [2.05, 4.69) is 12.2 Å². The molecule has 1 aromatic carbocycles. The molecule has 2 rings (SSSR count). The summed E-state index contributed by atoms with van der Waals surface area (Å²) in [5, 5.41) is 3.23. The van der Waals surface area contributed by atoms with Crippen LogP contribution in [0.1, 0.15) is 31.4 Å². The van der Waals surface area contributed by atoms with E-state index in [1.807, 2.05) is 32.0 Å². The van der Waals surface area contributed by atoms with Crippen LogP contribution in [0, 0.1) is 12.8 Å². The first kappa shape index (κ1) is 15.5. The van der Waals surface area contributed by atoms with Crippen LogP contribution in [0.15, 0.2) is 23.1 Å². The molecule has 1 aliphatic rings. The zero-order valence-corrected chi connectivity index (χ0v) is 13.3. The maximum atomic E-state index is 12.7. The van der Waals surface area contributed by atoms with Gasteiger partial charge in [0.05, 0.1) is 4.90 Å². The van der Waals surface area contributed by atoms with Crippen LogP contribution in [0.3, 0.4) is 0 Å². The van der Waals surface area contributed by atoms with E-state index in [1.165, 1.54) is 0 Å². The molecular weight excluding hydrogens is 272 g/mol. The lowest BCUT2D eigenvalue weighted by Crippen LogP contribution is -2.29. The molecule has 0 aliphatic carbocycles. The highest BCUT2D eigenvalue weighted by Gasteiger charge is 2.31. The van der Waals surface area contributed by atoms with Crippen molar-refractivity contribution in [2.24, 2.45) is 5.92 Å². The number of nitrogens with one attached hydrogen (secondary N) is 1. The van der Waals surface area contributed by atoms with Crippen molar-refractivity contribution in [3.63, 3.8) is 0 Å². The predicted octanol–water partition coefficient (Wildman–Crippen LogP) is 2.14. The molecule has 5 heteroatoms.